The molecule has 0 aromatic heterocycles. The van der Waals surface area contributed by atoms with Gasteiger partial charge in [0.05, 0.1) is 12.0 Å². The van der Waals surface area contributed by atoms with Crippen molar-refractivity contribution in [3.8, 4) is 0 Å². The first-order valence-corrected chi connectivity index (χ1v) is 10.2. The van der Waals surface area contributed by atoms with Crippen molar-refractivity contribution in [2.75, 3.05) is 18.4 Å². The Morgan fingerprint density at radius 2 is 1.79 bits per heavy atom. The number of primary amides is 1. The summed E-state index contributed by atoms with van der Waals surface area (Å²) in [5.74, 6) is -2.20. The Balaban J connectivity index is 1.51. The van der Waals surface area contributed by atoms with E-state index >= 15 is 0 Å². The Labute approximate surface area is 169 Å². The van der Waals surface area contributed by atoms with Gasteiger partial charge in [-0.25, -0.2) is 4.79 Å². The van der Waals surface area contributed by atoms with Gasteiger partial charge in [-0.3, -0.25) is 14.5 Å². The van der Waals surface area contributed by atoms with Crippen LogP contribution in [0.25, 0.3) is 0 Å². The number of hydrogen-bond acceptors (Lipinski definition) is 5. The van der Waals surface area contributed by atoms with Crippen LogP contribution in [0.2, 0.25) is 0 Å². The summed E-state index contributed by atoms with van der Waals surface area (Å²) < 4.78 is 0. The number of carbonyl (C=O) groups is 3. The molecule has 29 heavy (non-hydrogen) atoms. The van der Waals surface area contributed by atoms with E-state index in [9.17, 15) is 19.5 Å². The highest BCUT2D eigenvalue weighted by atomic mass is 16.3. The van der Waals surface area contributed by atoms with E-state index in [2.05, 4.69) is 10.6 Å². The van der Waals surface area contributed by atoms with Crippen molar-refractivity contribution >= 4 is 23.5 Å². The van der Waals surface area contributed by atoms with E-state index in [0.717, 1.165) is 4.90 Å². The molecule has 0 bridgehead atoms. The predicted molar refractivity (Wildman–Crippen MR) is 107 cm³/mol. The zero-order chi connectivity index (χ0) is 20.5. The molecule has 1 aliphatic carbocycles. The molecule has 4 amide bonds. The first-order chi connectivity index (χ1) is 14.0. The van der Waals surface area contributed by atoms with Crippen molar-refractivity contribution in [3.05, 3.63) is 41.2 Å². The summed E-state index contributed by atoms with van der Waals surface area (Å²) in [6, 6.07) is 6.51. The lowest BCUT2D eigenvalue weighted by molar-refractivity contribution is -0.130. The lowest BCUT2D eigenvalue weighted by atomic mass is 9.84. The largest absolute Gasteiger partial charge is 0.511 e. The lowest BCUT2D eigenvalue weighted by Gasteiger charge is -2.35. The first-order valence-electron chi connectivity index (χ1n) is 10.2. The fourth-order valence-corrected chi connectivity index (χ4v) is 4.71. The van der Waals surface area contributed by atoms with E-state index < -0.39 is 35.4 Å². The van der Waals surface area contributed by atoms with E-state index in [1.54, 1.807) is 0 Å². The molecular weight excluding hydrogens is 372 g/mol. The molecule has 154 valence electrons. The third-order valence-electron chi connectivity index (χ3n) is 6.26. The number of urea groups is 1. The SMILES string of the molecule is NC(=O)C1=C(O)C2CNCC2N(C(=O)Nc2ccc(C3CCCCC3)cc2)C1=O. The van der Waals surface area contributed by atoms with Crippen molar-refractivity contribution in [2.24, 2.45) is 11.7 Å². The van der Waals surface area contributed by atoms with Gasteiger partial charge in [-0.15, -0.1) is 0 Å². The highest BCUT2D eigenvalue weighted by Crippen LogP contribution is 2.34. The van der Waals surface area contributed by atoms with E-state index in [-0.39, 0.29) is 5.76 Å². The van der Waals surface area contributed by atoms with Crippen LogP contribution in [-0.2, 0) is 9.59 Å². The third-order valence-corrected chi connectivity index (χ3v) is 6.26. The lowest BCUT2D eigenvalue weighted by Crippen LogP contribution is -2.55. The number of nitrogens with one attached hydrogen (secondary N) is 2. The van der Waals surface area contributed by atoms with Gasteiger partial charge in [-0.05, 0) is 36.5 Å². The van der Waals surface area contributed by atoms with Gasteiger partial charge < -0.3 is 21.5 Å². The zero-order valence-corrected chi connectivity index (χ0v) is 16.2. The molecule has 2 unspecified atom stereocenters. The molecule has 1 aromatic carbocycles. The Bertz CT molecular complexity index is 858. The van der Waals surface area contributed by atoms with E-state index in [1.807, 2.05) is 24.3 Å². The normalized spacial score (nSPS) is 25.1. The van der Waals surface area contributed by atoms with Gasteiger partial charge in [0.1, 0.15) is 11.3 Å². The Morgan fingerprint density at radius 1 is 1.10 bits per heavy atom. The van der Waals surface area contributed by atoms with E-state index in [1.165, 1.54) is 37.7 Å². The highest BCUT2D eigenvalue weighted by Gasteiger charge is 2.48. The second kappa shape index (κ2) is 7.87. The number of nitrogens with two attached hydrogens (primary N) is 1. The Morgan fingerprint density at radius 3 is 2.45 bits per heavy atom. The number of carbonyl (C=O) groups excluding carboxylic acids is 3. The number of imide groups is 1. The molecule has 1 aromatic rings. The molecule has 0 spiro atoms. The minimum atomic E-state index is -1.03. The topological polar surface area (TPSA) is 125 Å². The van der Waals surface area contributed by atoms with Crippen LogP contribution in [0.4, 0.5) is 10.5 Å². The van der Waals surface area contributed by atoms with Crippen molar-refractivity contribution < 1.29 is 19.5 Å². The molecule has 8 nitrogen and oxygen atoms in total. The molecule has 2 aliphatic heterocycles. The standard InChI is InChI=1S/C21H26N4O4/c22-19(27)17-18(26)15-10-23-11-16(15)25(20(17)28)21(29)24-14-8-6-13(7-9-14)12-4-2-1-3-5-12/h6-9,12,15-16,23,26H,1-5,10-11H2,(H2,22,27)(H,24,29). The molecule has 2 atom stereocenters. The molecule has 8 heteroatoms. The molecule has 0 radical (unpaired) electrons. The van der Waals surface area contributed by atoms with Gasteiger partial charge in [0, 0.05) is 18.8 Å². The van der Waals surface area contributed by atoms with Crippen molar-refractivity contribution in [3.63, 3.8) is 0 Å². The molecule has 5 N–H and O–H groups in total. The Kier molecular flexibility index (Phi) is 5.27. The van der Waals surface area contributed by atoms with Crippen molar-refractivity contribution in [1.29, 1.82) is 0 Å². The number of nitrogens with zero attached hydrogens (tertiary/aromatic N) is 1. The van der Waals surface area contributed by atoms with Crippen LogP contribution in [0.15, 0.2) is 35.6 Å². The van der Waals surface area contributed by atoms with Crippen LogP contribution in [-0.4, -0.2) is 47.0 Å². The maximum Gasteiger partial charge on any atom is 0.329 e. The van der Waals surface area contributed by atoms with Gasteiger partial charge in [-0.1, -0.05) is 31.4 Å². The minimum absolute atomic E-state index is 0.335. The molecule has 4 rings (SSSR count). The monoisotopic (exact) mass is 398 g/mol. The van der Waals surface area contributed by atoms with Crippen LogP contribution in [0.3, 0.4) is 0 Å². The highest BCUT2D eigenvalue weighted by molar-refractivity contribution is 6.23. The van der Waals surface area contributed by atoms with Crippen LogP contribution in [0.5, 0.6) is 0 Å². The molecule has 2 heterocycles. The first kappa shape index (κ1) is 19.4. The maximum atomic E-state index is 12.9. The van der Waals surface area contributed by atoms with E-state index in [0.29, 0.717) is 24.7 Å². The van der Waals surface area contributed by atoms with Crippen molar-refractivity contribution in [1.82, 2.24) is 10.2 Å². The van der Waals surface area contributed by atoms with Crippen LogP contribution in [0.1, 0.15) is 43.6 Å². The van der Waals surface area contributed by atoms with Gasteiger partial charge >= 0.3 is 6.03 Å². The molecule has 3 aliphatic rings. The molecule has 2 fully saturated rings. The second-order valence-electron chi connectivity index (χ2n) is 8.02. The predicted octanol–water partition coefficient (Wildman–Crippen LogP) is 1.99. The molecule has 1 saturated carbocycles. The zero-order valence-electron chi connectivity index (χ0n) is 16.2. The number of amides is 4. The number of rotatable bonds is 3. The maximum absolute atomic E-state index is 12.9. The summed E-state index contributed by atoms with van der Waals surface area (Å²) in [5.41, 5.74) is 6.60. The number of fused-ring (bicyclic) bond motifs is 1. The quantitative estimate of drug-likeness (QED) is 0.580. The summed E-state index contributed by atoms with van der Waals surface area (Å²) in [6.07, 6.45) is 6.17. The van der Waals surface area contributed by atoms with Crippen LogP contribution in [0, 0.1) is 5.92 Å². The van der Waals surface area contributed by atoms with Gasteiger partial charge in [-0.2, -0.15) is 0 Å². The van der Waals surface area contributed by atoms with Crippen molar-refractivity contribution in [2.45, 2.75) is 44.1 Å². The van der Waals surface area contributed by atoms with Gasteiger partial charge in [0.25, 0.3) is 11.8 Å². The number of aliphatic hydroxyl groups is 1. The summed E-state index contributed by atoms with van der Waals surface area (Å²) in [7, 11) is 0. The average molecular weight is 398 g/mol. The van der Waals surface area contributed by atoms with Gasteiger partial charge in [0.15, 0.2) is 0 Å². The summed E-state index contributed by atoms with van der Waals surface area (Å²) in [5, 5.41) is 16.1. The Hall–Kier alpha value is -2.87. The second-order valence-corrected chi connectivity index (χ2v) is 8.02. The fraction of sp³-hybridized carbons (Fsp3) is 0.476. The molecule has 1 saturated heterocycles. The number of aliphatic hydroxyl groups excluding tert-OH is 1. The third kappa shape index (κ3) is 3.60. The summed E-state index contributed by atoms with van der Waals surface area (Å²) in [4.78, 5) is 38.3. The average Bonchev–Trinajstić information content (AvgIpc) is 3.19. The number of hydrogen-bond donors (Lipinski definition) is 4. The molecular formula is C21H26N4O4. The minimum Gasteiger partial charge on any atom is -0.511 e. The summed E-state index contributed by atoms with van der Waals surface area (Å²) in [6.45, 7) is 0.709. The van der Waals surface area contributed by atoms with Crippen LogP contribution < -0.4 is 16.4 Å². The van der Waals surface area contributed by atoms with E-state index in [4.69, 9.17) is 5.73 Å². The smallest absolute Gasteiger partial charge is 0.329 e. The number of benzene rings is 1. The van der Waals surface area contributed by atoms with Gasteiger partial charge in [0.2, 0.25) is 0 Å². The summed E-state index contributed by atoms with van der Waals surface area (Å²) >= 11 is 0. The fourth-order valence-electron chi connectivity index (χ4n) is 4.71. The van der Waals surface area contributed by atoms with Crippen LogP contribution >= 0.6 is 0 Å². The number of anilines is 1.